The van der Waals surface area contributed by atoms with E-state index < -0.39 is 0 Å². The highest BCUT2D eigenvalue weighted by atomic mass is 32.2. The van der Waals surface area contributed by atoms with Crippen molar-refractivity contribution in [2.75, 3.05) is 25.2 Å². The topological polar surface area (TPSA) is 85.4 Å². The Morgan fingerprint density at radius 3 is 2.85 bits per heavy atom. The van der Waals surface area contributed by atoms with Crippen molar-refractivity contribution in [1.82, 2.24) is 19.7 Å². The van der Waals surface area contributed by atoms with Crippen molar-refractivity contribution in [3.8, 4) is 5.75 Å². The van der Waals surface area contributed by atoms with E-state index in [0.29, 0.717) is 24.9 Å². The number of anilines is 1. The number of furan rings is 1. The van der Waals surface area contributed by atoms with Crippen LogP contribution in [-0.2, 0) is 17.9 Å². The van der Waals surface area contributed by atoms with E-state index in [9.17, 15) is 4.79 Å². The van der Waals surface area contributed by atoms with E-state index in [4.69, 9.17) is 9.15 Å². The summed E-state index contributed by atoms with van der Waals surface area (Å²) in [6.07, 6.45) is 7.54. The minimum atomic E-state index is 0.0330. The van der Waals surface area contributed by atoms with Gasteiger partial charge in [-0.25, -0.2) is 0 Å². The first kappa shape index (κ1) is 23.2. The third kappa shape index (κ3) is 6.10. The summed E-state index contributed by atoms with van der Waals surface area (Å²) in [4.78, 5) is 14.4. The number of methoxy groups -OCH3 is 1. The van der Waals surface area contributed by atoms with Crippen LogP contribution in [0.25, 0.3) is 0 Å². The molecule has 0 spiro atoms. The molecule has 1 aliphatic rings. The number of ether oxygens (including phenoxy) is 1. The van der Waals surface area contributed by atoms with E-state index in [0.717, 1.165) is 41.0 Å². The zero-order valence-corrected chi connectivity index (χ0v) is 20.0. The molecular weight excluding hydrogens is 438 g/mol. The van der Waals surface area contributed by atoms with E-state index in [-0.39, 0.29) is 5.91 Å². The van der Waals surface area contributed by atoms with Crippen molar-refractivity contribution in [3.05, 3.63) is 54.2 Å². The fourth-order valence-corrected chi connectivity index (χ4v) is 5.07. The molecule has 1 aromatic carbocycles. The number of hydrogen-bond donors (Lipinski definition) is 1. The number of nitrogens with one attached hydrogen (secondary N) is 1. The number of hydrogen-bond acceptors (Lipinski definition) is 7. The Kier molecular flexibility index (Phi) is 7.93. The largest absolute Gasteiger partial charge is 0.497 e. The molecule has 3 aromatic rings. The molecular formula is C24H31N5O3S. The summed E-state index contributed by atoms with van der Waals surface area (Å²) in [6.45, 7) is 1.01. The molecule has 1 N–H and O–H groups in total. The second kappa shape index (κ2) is 11.3. The van der Waals surface area contributed by atoms with Gasteiger partial charge in [0.25, 0.3) is 0 Å². The minimum absolute atomic E-state index is 0.0330. The van der Waals surface area contributed by atoms with Gasteiger partial charge in [0.2, 0.25) is 5.91 Å². The van der Waals surface area contributed by atoms with Crippen LogP contribution < -0.4 is 10.1 Å². The number of nitrogens with zero attached hydrogens (tertiary/aromatic N) is 4. The summed E-state index contributed by atoms with van der Waals surface area (Å²) in [6, 6.07) is 11.9. The van der Waals surface area contributed by atoms with E-state index in [2.05, 4.69) is 20.1 Å². The Balaban J connectivity index is 1.44. The lowest BCUT2D eigenvalue weighted by Crippen LogP contribution is -2.28. The van der Waals surface area contributed by atoms with Gasteiger partial charge < -0.3 is 23.9 Å². The maximum absolute atomic E-state index is 12.7. The SMILES string of the molecule is COc1cccc(NCc2nnc(SCC(=O)N(C)Cc3ccco3)n2C2CCCCC2)c1. The van der Waals surface area contributed by atoms with Crippen LogP contribution in [-0.4, -0.2) is 45.5 Å². The van der Waals surface area contributed by atoms with Crippen LogP contribution in [0.5, 0.6) is 5.75 Å². The van der Waals surface area contributed by atoms with E-state index in [1.165, 1.54) is 31.0 Å². The molecule has 9 heteroatoms. The van der Waals surface area contributed by atoms with Crippen molar-refractivity contribution in [2.45, 2.75) is 56.4 Å². The van der Waals surface area contributed by atoms with Gasteiger partial charge >= 0.3 is 0 Å². The minimum Gasteiger partial charge on any atom is -0.497 e. The molecule has 1 aliphatic carbocycles. The normalized spacial score (nSPS) is 14.2. The average Bonchev–Trinajstić information content (AvgIpc) is 3.51. The van der Waals surface area contributed by atoms with Gasteiger partial charge in [-0.1, -0.05) is 37.1 Å². The quantitative estimate of drug-likeness (QED) is 0.429. The predicted octanol–water partition coefficient (Wildman–Crippen LogP) is 4.75. The molecule has 0 radical (unpaired) electrons. The second-order valence-corrected chi connectivity index (χ2v) is 9.21. The van der Waals surface area contributed by atoms with Gasteiger partial charge in [0.1, 0.15) is 11.5 Å². The number of aromatic nitrogens is 3. The number of carbonyl (C=O) groups excluding carboxylic acids is 1. The lowest BCUT2D eigenvalue weighted by Gasteiger charge is -2.26. The molecule has 4 rings (SSSR count). The molecule has 0 unspecified atom stereocenters. The average molecular weight is 470 g/mol. The van der Waals surface area contributed by atoms with Crippen LogP contribution in [0, 0.1) is 0 Å². The molecule has 1 saturated carbocycles. The molecule has 0 atom stereocenters. The zero-order chi connectivity index (χ0) is 23.0. The van der Waals surface area contributed by atoms with Gasteiger partial charge in [0.05, 0.1) is 32.2 Å². The molecule has 0 bridgehead atoms. The Labute approximate surface area is 198 Å². The number of carbonyl (C=O) groups is 1. The van der Waals surface area contributed by atoms with Crippen LogP contribution in [0.4, 0.5) is 5.69 Å². The molecule has 8 nitrogen and oxygen atoms in total. The molecule has 0 aliphatic heterocycles. The molecule has 1 amide bonds. The number of thioether (sulfide) groups is 1. The van der Waals surface area contributed by atoms with Gasteiger partial charge in [-0.15, -0.1) is 10.2 Å². The first-order chi connectivity index (χ1) is 16.1. The molecule has 33 heavy (non-hydrogen) atoms. The highest BCUT2D eigenvalue weighted by Crippen LogP contribution is 2.33. The molecule has 0 saturated heterocycles. The van der Waals surface area contributed by atoms with Gasteiger partial charge in [-0.2, -0.15) is 0 Å². The summed E-state index contributed by atoms with van der Waals surface area (Å²) in [5.41, 5.74) is 0.969. The monoisotopic (exact) mass is 469 g/mol. The number of rotatable bonds is 10. The summed E-state index contributed by atoms with van der Waals surface area (Å²) in [7, 11) is 3.45. The Bertz CT molecular complexity index is 1030. The fraction of sp³-hybridized carbons (Fsp3) is 0.458. The summed E-state index contributed by atoms with van der Waals surface area (Å²) < 4.78 is 12.9. The van der Waals surface area contributed by atoms with Crippen molar-refractivity contribution in [1.29, 1.82) is 0 Å². The van der Waals surface area contributed by atoms with Crippen molar-refractivity contribution >= 4 is 23.4 Å². The summed E-state index contributed by atoms with van der Waals surface area (Å²) in [5, 5.41) is 13.2. The second-order valence-electron chi connectivity index (χ2n) is 8.26. The van der Waals surface area contributed by atoms with Crippen LogP contribution in [0.1, 0.15) is 49.7 Å². The fourth-order valence-electron chi connectivity index (χ4n) is 4.11. The first-order valence-corrected chi connectivity index (χ1v) is 12.3. The summed E-state index contributed by atoms with van der Waals surface area (Å²) >= 11 is 1.46. The Morgan fingerprint density at radius 2 is 2.09 bits per heavy atom. The van der Waals surface area contributed by atoms with Gasteiger partial charge in [-0.3, -0.25) is 4.79 Å². The maximum Gasteiger partial charge on any atom is 0.233 e. The van der Waals surface area contributed by atoms with Gasteiger partial charge in [-0.05, 0) is 37.1 Å². The van der Waals surface area contributed by atoms with Crippen LogP contribution in [0.15, 0.2) is 52.2 Å². The predicted molar refractivity (Wildman–Crippen MR) is 128 cm³/mol. The molecule has 2 heterocycles. The maximum atomic E-state index is 12.7. The van der Waals surface area contributed by atoms with E-state index in [1.54, 1.807) is 25.3 Å². The van der Waals surface area contributed by atoms with E-state index in [1.807, 2.05) is 36.4 Å². The number of benzene rings is 1. The first-order valence-electron chi connectivity index (χ1n) is 11.3. The highest BCUT2D eigenvalue weighted by Gasteiger charge is 2.24. The van der Waals surface area contributed by atoms with Crippen molar-refractivity contribution in [3.63, 3.8) is 0 Å². The number of amides is 1. The standard InChI is InChI=1S/C24H31N5O3S/c1-28(16-21-12-7-13-32-21)23(30)17-33-24-27-26-22(29(24)19-9-4-3-5-10-19)15-25-18-8-6-11-20(14-18)31-2/h6-8,11-14,19,25H,3-5,9-10,15-17H2,1-2H3. The van der Waals surface area contributed by atoms with Gasteiger partial charge in [0, 0.05) is 24.8 Å². The van der Waals surface area contributed by atoms with Crippen molar-refractivity contribution < 1.29 is 13.9 Å². The smallest absolute Gasteiger partial charge is 0.233 e. The van der Waals surface area contributed by atoms with Crippen LogP contribution >= 0.6 is 11.8 Å². The van der Waals surface area contributed by atoms with Gasteiger partial charge in [0.15, 0.2) is 11.0 Å². The third-order valence-corrected chi connectivity index (χ3v) is 6.85. The van der Waals surface area contributed by atoms with Crippen molar-refractivity contribution in [2.24, 2.45) is 0 Å². The van der Waals surface area contributed by atoms with Crippen LogP contribution in [0.2, 0.25) is 0 Å². The zero-order valence-electron chi connectivity index (χ0n) is 19.2. The molecule has 2 aromatic heterocycles. The third-order valence-electron chi connectivity index (χ3n) is 5.92. The molecule has 1 fully saturated rings. The summed E-state index contributed by atoms with van der Waals surface area (Å²) in [5.74, 6) is 2.81. The highest BCUT2D eigenvalue weighted by molar-refractivity contribution is 7.99. The lowest BCUT2D eigenvalue weighted by molar-refractivity contribution is -0.127. The lowest BCUT2D eigenvalue weighted by atomic mass is 9.95. The Hall–Kier alpha value is -2.94. The molecule has 176 valence electrons. The van der Waals surface area contributed by atoms with E-state index >= 15 is 0 Å². The Morgan fingerprint density at radius 1 is 1.24 bits per heavy atom. The van der Waals surface area contributed by atoms with Crippen LogP contribution in [0.3, 0.4) is 0 Å².